The fourth-order valence-corrected chi connectivity index (χ4v) is 5.06. The minimum atomic E-state index is -0.763. The van der Waals surface area contributed by atoms with E-state index < -0.39 is 28.7 Å². The molecule has 2 saturated heterocycles. The van der Waals surface area contributed by atoms with Gasteiger partial charge in [0, 0.05) is 5.88 Å². The molecule has 140 valence electrons. The lowest BCUT2D eigenvalue weighted by Crippen LogP contribution is -2.71. The van der Waals surface area contributed by atoms with Crippen LogP contribution in [0.25, 0.3) is 0 Å². The normalized spacial score (nSPS) is 29.6. The molecule has 0 saturated carbocycles. The second-order valence-corrected chi connectivity index (χ2v) is 8.19. The Labute approximate surface area is 160 Å². The van der Waals surface area contributed by atoms with Crippen molar-refractivity contribution in [3.05, 3.63) is 30.3 Å². The van der Waals surface area contributed by atoms with Crippen molar-refractivity contribution in [3.63, 3.8) is 0 Å². The van der Waals surface area contributed by atoms with Crippen LogP contribution in [0, 0.1) is 0 Å². The maximum Gasteiger partial charge on any atom is 0.330 e. The SMILES string of the molecule is COC(=O)C1N2C(=O)C(NC(=O)COc3ccccc3)[C@H]2SC1(C)CCl. The van der Waals surface area contributed by atoms with Crippen LogP contribution in [0.2, 0.25) is 0 Å². The van der Waals surface area contributed by atoms with E-state index in [2.05, 4.69) is 5.32 Å². The van der Waals surface area contributed by atoms with E-state index in [1.165, 1.54) is 23.8 Å². The van der Waals surface area contributed by atoms with E-state index >= 15 is 0 Å². The maximum atomic E-state index is 12.5. The molecule has 3 rings (SSSR count). The van der Waals surface area contributed by atoms with Crippen molar-refractivity contribution >= 4 is 41.1 Å². The average molecular weight is 399 g/mol. The van der Waals surface area contributed by atoms with E-state index in [1.807, 2.05) is 13.0 Å². The van der Waals surface area contributed by atoms with Crippen LogP contribution in [0.15, 0.2) is 30.3 Å². The van der Waals surface area contributed by atoms with Gasteiger partial charge in [0.25, 0.3) is 5.91 Å². The van der Waals surface area contributed by atoms with Crippen LogP contribution in [-0.4, -0.2) is 64.5 Å². The number of fused-ring (bicyclic) bond motifs is 1. The van der Waals surface area contributed by atoms with E-state index in [9.17, 15) is 14.4 Å². The highest BCUT2D eigenvalue weighted by molar-refractivity contribution is 8.01. The molecule has 2 aliphatic heterocycles. The highest BCUT2D eigenvalue weighted by atomic mass is 35.5. The van der Waals surface area contributed by atoms with Crippen LogP contribution in [0.4, 0.5) is 0 Å². The van der Waals surface area contributed by atoms with E-state index in [1.54, 1.807) is 24.3 Å². The van der Waals surface area contributed by atoms with Gasteiger partial charge in [0.15, 0.2) is 6.61 Å². The van der Waals surface area contributed by atoms with Crippen molar-refractivity contribution < 1.29 is 23.9 Å². The molecule has 7 nitrogen and oxygen atoms in total. The third kappa shape index (κ3) is 3.23. The van der Waals surface area contributed by atoms with Gasteiger partial charge in [-0.05, 0) is 19.1 Å². The van der Waals surface area contributed by atoms with Crippen molar-refractivity contribution in [2.24, 2.45) is 0 Å². The molecule has 4 atom stereocenters. The number of carbonyl (C=O) groups is 3. The first-order chi connectivity index (χ1) is 12.4. The number of thioether (sulfide) groups is 1. The van der Waals surface area contributed by atoms with Crippen molar-refractivity contribution in [3.8, 4) is 5.75 Å². The summed E-state index contributed by atoms with van der Waals surface area (Å²) in [6.45, 7) is 1.62. The molecule has 1 aromatic rings. The zero-order valence-corrected chi connectivity index (χ0v) is 15.9. The molecule has 3 unspecified atom stereocenters. The fraction of sp³-hybridized carbons (Fsp3) is 0.471. The van der Waals surface area contributed by atoms with Gasteiger partial charge in [-0.1, -0.05) is 18.2 Å². The number of para-hydroxylation sites is 1. The Balaban J connectivity index is 1.62. The molecule has 26 heavy (non-hydrogen) atoms. The van der Waals surface area contributed by atoms with Gasteiger partial charge in [0.05, 0.1) is 11.9 Å². The van der Waals surface area contributed by atoms with Gasteiger partial charge < -0.3 is 19.7 Å². The highest BCUT2D eigenvalue weighted by Gasteiger charge is 2.65. The first-order valence-corrected chi connectivity index (χ1v) is 9.43. The summed E-state index contributed by atoms with van der Waals surface area (Å²) in [7, 11) is 1.28. The zero-order valence-electron chi connectivity index (χ0n) is 14.3. The number of carbonyl (C=O) groups excluding carboxylic acids is 3. The number of esters is 1. The third-order valence-corrected chi connectivity index (χ3v) is 6.81. The second kappa shape index (κ2) is 7.36. The number of alkyl halides is 1. The van der Waals surface area contributed by atoms with Crippen molar-refractivity contribution in [1.82, 2.24) is 10.2 Å². The molecular weight excluding hydrogens is 380 g/mol. The van der Waals surface area contributed by atoms with Crippen LogP contribution < -0.4 is 10.1 Å². The molecule has 0 aromatic heterocycles. The Morgan fingerprint density at radius 3 is 2.65 bits per heavy atom. The summed E-state index contributed by atoms with van der Waals surface area (Å²) in [5.74, 6) is -0.481. The summed E-state index contributed by atoms with van der Waals surface area (Å²) in [6, 6.07) is 7.46. The van der Waals surface area contributed by atoms with Gasteiger partial charge in [0.1, 0.15) is 23.2 Å². The number of β-lactam (4-membered cyclic amide) rings is 1. The van der Waals surface area contributed by atoms with Gasteiger partial charge in [-0.25, -0.2) is 4.79 Å². The number of halogens is 1. The van der Waals surface area contributed by atoms with E-state index in [0.717, 1.165) is 0 Å². The largest absolute Gasteiger partial charge is 0.484 e. The van der Waals surface area contributed by atoms with Crippen molar-refractivity contribution in [2.75, 3.05) is 19.6 Å². The van der Waals surface area contributed by atoms with Crippen LogP contribution in [0.5, 0.6) is 5.75 Å². The third-order valence-electron chi connectivity index (χ3n) is 4.45. The Kier molecular flexibility index (Phi) is 5.34. The highest BCUT2D eigenvalue weighted by Crippen LogP contribution is 2.51. The minimum absolute atomic E-state index is 0.176. The molecule has 2 heterocycles. The standard InChI is InChI=1S/C17H19ClN2O5S/c1-17(9-18)13(16(23)24-2)20-14(22)12(15(20)26-17)19-11(21)8-25-10-6-4-3-5-7-10/h3-7,12-13,15H,8-9H2,1-2H3,(H,19,21)/t12?,13?,15-,17?/m1/s1. The predicted molar refractivity (Wildman–Crippen MR) is 97.0 cm³/mol. The maximum absolute atomic E-state index is 12.5. The number of amides is 2. The Bertz CT molecular complexity index is 718. The van der Waals surface area contributed by atoms with Crippen LogP contribution >= 0.6 is 23.4 Å². The van der Waals surface area contributed by atoms with Gasteiger partial charge >= 0.3 is 5.97 Å². The fourth-order valence-electron chi connectivity index (χ4n) is 3.11. The van der Waals surface area contributed by atoms with Gasteiger partial charge in [-0.15, -0.1) is 23.4 Å². The van der Waals surface area contributed by atoms with Crippen LogP contribution in [-0.2, 0) is 19.1 Å². The Morgan fingerprint density at radius 1 is 1.35 bits per heavy atom. The van der Waals surface area contributed by atoms with Gasteiger partial charge in [-0.2, -0.15) is 0 Å². The molecule has 1 aromatic carbocycles. The second-order valence-electron chi connectivity index (χ2n) is 6.27. The molecule has 0 spiro atoms. The van der Waals surface area contributed by atoms with Gasteiger partial charge in [0.2, 0.25) is 5.91 Å². The summed E-state index contributed by atoms with van der Waals surface area (Å²) in [5, 5.41) is 2.33. The molecule has 2 fully saturated rings. The lowest BCUT2D eigenvalue weighted by molar-refractivity contribution is -0.162. The number of benzene rings is 1. The topological polar surface area (TPSA) is 84.9 Å². The zero-order chi connectivity index (χ0) is 18.9. The van der Waals surface area contributed by atoms with E-state index in [0.29, 0.717) is 5.75 Å². The predicted octanol–water partition coefficient (Wildman–Crippen LogP) is 1.00. The number of methoxy groups -OCH3 is 1. The average Bonchev–Trinajstić information content (AvgIpc) is 2.95. The molecule has 0 radical (unpaired) electrons. The monoisotopic (exact) mass is 398 g/mol. The molecular formula is C17H19ClN2O5S. The lowest BCUT2D eigenvalue weighted by atomic mass is 9.96. The van der Waals surface area contributed by atoms with E-state index in [4.69, 9.17) is 21.1 Å². The first kappa shape index (κ1) is 18.8. The smallest absolute Gasteiger partial charge is 0.330 e. The van der Waals surface area contributed by atoms with Crippen molar-refractivity contribution in [2.45, 2.75) is 29.1 Å². The number of nitrogens with one attached hydrogen (secondary N) is 1. The number of ether oxygens (including phenoxy) is 2. The van der Waals surface area contributed by atoms with Crippen molar-refractivity contribution in [1.29, 1.82) is 0 Å². The summed E-state index contributed by atoms with van der Waals surface area (Å²) in [6.07, 6.45) is 0. The molecule has 2 amide bonds. The number of hydrogen-bond acceptors (Lipinski definition) is 6. The van der Waals surface area contributed by atoms with Crippen LogP contribution in [0.3, 0.4) is 0 Å². The number of rotatable bonds is 6. The summed E-state index contributed by atoms with van der Waals surface area (Å²) < 4.78 is 9.54. The van der Waals surface area contributed by atoms with Crippen LogP contribution in [0.1, 0.15) is 6.92 Å². The molecule has 1 N–H and O–H groups in total. The number of nitrogens with zero attached hydrogens (tertiary/aromatic N) is 1. The summed E-state index contributed by atoms with van der Waals surface area (Å²) >= 11 is 7.45. The number of hydrogen-bond donors (Lipinski definition) is 1. The minimum Gasteiger partial charge on any atom is -0.484 e. The summed E-state index contributed by atoms with van der Waals surface area (Å²) in [5.41, 5.74) is 0. The molecule has 9 heteroatoms. The lowest BCUT2D eigenvalue weighted by Gasteiger charge is -2.43. The Morgan fingerprint density at radius 2 is 2.04 bits per heavy atom. The van der Waals surface area contributed by atoms with E-state index in [-0.39, 0.29) is 23.8 Å². The van der Waals surface area contributed by atoms with Gasteiger partial charge in [-0.3, -0.25) is 9.59 Å². The summed E-state index contributed by atoms with van der Waals surface area (Å²) in [4.78, 5) is 38.2. The first-order valence-electron chi connectivity index (χ1n) is 8.02. The quantitative estimate of drug-likeness (QED) is 0.437. The molecule has 2 aliphatic rings. The molecule has 0 bridgehead atoms. The Hall–Kier alpha value is -1.93. The molecule has 0 aliphatic carbocycles.